The fraction of sp³-hybridized carbons (Fsp3) is 0.250. The van der Waals surface area contributed by atoms with Crippen LogP contribution in [0.25, 0.3) is 0 Å². The Kier molecular flexibility index (Phi) is 8.36. The molecular weight excluding hydrogens is 401 g/mol. The van der Waals surface area contributed by atoms with Crippen molar-refractivity contribution < 1.29 is 27.6 Å². The summed E-state index contributed by atoms with van der Waals surface area (Å²) in [6.07, 6.45) is 0.594. The molecule has 0 heterocycles. The standard InChI is InChI=1S/C20H21F3N4O3/c1-2-10-27(11-16(28)25-15-9-8-14(21)18(22)19(15)23)12-17(29)26-20(30)24-13-6-4-3-5-7-13/h3-9H,2,10-12H2,1H3,(H,25,28)(H2,24,26,29,30). The number of nitrogens with one attached hydrogen (secondary N) is 3. The molecule has 0 atom stereocenters. The fourth-order valence-corrected chi connectivity index (χ4v) is 2.60. The Hall–Kier alpha value is -3.40. The Morgan fingerprint density at radius 3 is 2.20 bits per heavy atom. The van der Waals surface area contributed by atoms with Crippen molar-refractivity contribution in [2.75, 3.05) is 30.3 Å². The van der Waals surface area contributed by atoms with Crippen molar-refractivity contribution in [3.05, 3.63) is 59.9 Å². The molecule has 7 nitrogen and oxygen atoms in total. The lowest BCUT2D eigenvalue weighted by Gasteiger charge is -2.20. The first-order chi connectivity index (χ1) is 14.3. The Morgan fingerprint density at radius 2 is 1.53 bits per heavy atom. The van der Waals surface area contributed by atoms with E-state index in [1.807, 2.05) is 6.92 Å². The molecule has 160 valence electrons. The molecule has 0 fully saturated rings. The highest BCUT2D eigenvalue weighted by Gasteiger charge is 2.19. The van der Waals surface area contributed by atoms with Gasteiger partial charge in [-0.15, -0.1) is 0 Å². The van der Waals surface area contributed by atoms with E-state index in [1.54, 1.807) is 30.3 Å². The van der Waals surface area contributed by atoms with E-state index >= 15 is 0 Å². The number of amides is 4. The van der Waals surface area contributed by atoms with Crippen LogP contribution in [0.15, 0.2) is 42.5 Å². The van der Waals surface area contributed by atoms with E-state index in [2.05, 4.69) is 16.0 Å². The molecule has 0 aliphatic heterocycles. The van der Waals surface area contributed by atoms with Crippen LogP contribution in [0.1, 0.15) is 13.3 Å². The van der Waals surface area contributed by atoms with Gasteiger partial charge in [-0.25, -0.2) is 18.0 Å². The van der Waals surface area contributed by atoms with Crippen molar-refractivity contribution >= 4 is 29.2 Å². The smallest absolute Gasteiger partial charge is 0.322 e. The van der Waals surface area contributed by atoms with Gasteiger partial charge in [-0.3, -0.25) is 19.8 Å². The van der Waals surface area contributed by atoms with Gasteiger partial charge in [0.25, 0.3) is 0 Å². The molecule has 10 heteroatoms. The van der Waals surface area contributed by atoms with E-state index < -0.39 is 41.0 Å². The molecule has 3 N–H and O–H groups in total. The number of rotatable bonds is 8. The van der Waals surface area contributed by atoms with Crippen LogP contribution in [0.4, 0.5) is 29.3 Å². The third-order valence-electron chi connectivity index (χ3n) is 3.87. The molecule has 2 aromatic carbocycles. The van der Waals surface area contributed by atoms with E-state index in [4.69, 9.17) is 0 Å². The van der Waals surface area contributed by atoms with Gasteiger partial charge in [-0.05, 0) is 37.2 Å². The SMILES string of the molecule is CCCN(CC(=O)NC(=O)Nc1ccccc1)CC(=O)Nc1ccc(F)c(F)c1F. The number of imide groups is 1. The van der Waals surface area contributed by atoms with Gasteiger partial charge in [-0.1, -0.05) is 25.1 Å². The molecule has 0 saturated carbocycles. The van der Waals surface area contributed by atoms with Gasteiger partial charge >= 0.3 is 6.03 Å². The van der Waals surface area contributed by atoms with Crippen LogP contribution in [-0.2, 0) is 9.59 Å². The number of anilines is 2. The molecule has 2 aromatic rings. The summed E-state index contributed by atoms with van der Waals surface area (Å²) in [6.45, 7) is 1.56. The second-order valence-corrected chi connectivity index (χ2v) is 6.35. The van der Waals surface area contributed by atoms with Crippen LogP contribution < -0.4 is 16.0 Å². The first kappa shape index (κ1) is 22.9. The van der Waals surface area contributed by atoms with Crippen LogP contribution >= 0.6 is 0 Å². The Balaban J connectivity index is 1.90. The molecule has 0 aliphatic carbocycles. The summed E-state index contributed by atoms with van der Waals surface area (Å²) >= 11 is 0. The predicted molar refractivity (Wildman–Crippen MR) is 105 cm³/mol. The molecule has 0 spiro atoms. The highest BCUT2D eigenvalue weighted by Crippen LogP contribution is 2.19. The Morgan fingerprint density at radius 1 is 0.867 bits per heavy atom. The summed E-state index contributed by atoms with van der Waals surface area (Å²) in [6, 6.07) is 9.37. The minimum absolute atomic E-state index is 0.274. The molecule has 4 amide bonds. The monoisotopic (exact) mass is 422 g/mol. The maximum absolute atomic E-state index is 13.7. The second kappa shape index (κ2) is 11.0. The molecular formula is C20H21F3N4O3. The number of urea groups is 1. The number of carbonyl (C=O) groups is 3. The van der Waals surface area contributed by atoms with E-state index in [0.29, 0.717) is 24.7 Å². The van der Waals surface area contributed by atoms with Crippen molar-refractivity contribution in [1.29, 1.82) is 0 Å². The summed E-state index contributed by atoms with van der Waals surface area (Å²) in [4.78, 5) is 37.6. The number of halogens is 3. The minimum Gasteiger partial charge on any atom is -0.322 e. The fourth-order valence-electron chi connectivity index (χ4n) is 2.60. The van der Waals surface area contributed by atoms with Crippen LogP contribution in [0.5, 0.6) is 0 Å². The number of para-hydroxylation sites is 1. The maximum Gasteiger partial charge on any atom is 0.325 e. The molecule has 0 aromatic heterocycles. The zero-order valence-electron chi connectivity index (χ0n) is 16.2. The predicted octanol–water partition coefficient (Wildman–Crippen LogP) is 3.10. The van der Waals surface area contributed by atoms with E-state index in [0.717, 1.165) is 6.07 Å². The summed E-state index contributed by atoms with van der Waals surface area (Å²) in [5, 5.41) is 6.78. The van der Waals surface area contributed by atoms with Crippen molar-refractivity contribution in [1.82, 2.24) is 10.2 Å². The van der Waals surface area contributed by atoms with Crippen molar-refractivity contribution in [3.8, 4) is 0 Å². The maximum atomic E-state index is 13.7. The Labute approximate surface area is 171 Å². The number of benzene rings is 2. The highest BCUT2D eigenvalue weighted by molar-refractivity contribution is 6.02. The number of hydrogen-bond donors (Lipinski definition) is 3. The largest absolute Gasteiger partial charge is 0.325 e. The van der Waals surface area contributed by atoms with Gasteiger partial charge in [0.2, 0.25) is 11.8 Å². The van der Waals surface area contributed by atoms with Crippen LogP contribution in [-0.4, -0.2) is 42.4 Å². The zero-order chi connectivity index (χ0) is 22.1. The van der Waals surface area contributed by atoms with Crippen LogP contribution in [0.2, 0.25) is 0 Å². The molecule has 0 bridgehead atoms. The molecule has 2 rings (SSSR count). The molecule has 0 aliphatic rings. The summed E-state index contributed by atoms with van der Waals surface area (Å²) in [7, 11) is 0. The first-order valence-electron chi connectivity index (χ1n) is 9.11. The molecule has 0 radical (unpaired) electrons. The van der Waals surface area contributed by atoms with Gasteiger partial charge in [0.15, 0.2) is 17.5 Å². The third-order valence-corrected chi connectivity index (χ3v) is 3.87. The lowest BCUT2D eigenvalue weighted by molar-refractivity contribution is -0.122. The summed E-state index contributed by atoms with van der Waals surface area (Å²) in [5.74, 6) is -5.95. The molecule has 30 heavy (non-hydrogen) atoms. The highest BCUT2D eigenvalue weighted by atomic mass is 19.2. The molecule has 0 unspecified atom stereocenters. The quantitative estimate of drug-likeness (QED) is 0.571. The van der Waals surface area contributed by atoms with E-state index in [-0.39, 0.29) is 13.1 Å². The van der Waals surface area contributed by atoms with Crippen molar-refractivity contribution in [2.24, 2.45) is 0 Å². The van der Waals surface area contributed by atoms with Gasteiger partial charge in [-0.2, -0.15) is 0 Å². The summed E-state index contributed by atoms with van der Waals surface area (Å²) < 4.78 is 39.9. The zero-order valence-corrected chi connectivity index (χ0v) is 16.2. The van der Waals surface area contributed by atoms with Crippen molar-refractivity contribution in [2.45, 2.75) is 13.3 Å². The van der Waals surface area contributed by atoms with Crippen LogP contribution in [0, 0.1) is 17.5 Å². The van der Waals surface area contributed by atoms with Gasteiger partial charge in [0.1, 0.15) is 0 Å². The average Bonchev–Trinajstić information content (AvgIpc) is 2.69. The van der Waals surface area contributed by atoms with Crippen LogP contribution in [0.3, 0.4) is 0 Å². The number of hydrogen-bond acceptors (Lipinski definition) is 4. The topological polar surface area (TPSA) is 90.5 Å². The molecule has 0 saturated heterocycles. The van der Waals surface area contributed by atoms with Gasteiger partial charge in [0.05, 0.1) is 18.8 Å². The number of carbonyl (C=O) groups excluding carboxylic acids is 3. The average molecular weight is 422 g/mol. The van der Waals surface area contributed by atoms with E-state index in [9.17, 15) is 27.6 Å². The minimum atomic E-state index is -1.69. The van der Waals surface area contributed by atoms with Gasteiger partial charge < -0.3 is 10.6 Å². The van der Waals surface area contributed by atoms with Gasteiger partial charge in [0, 0.05) is 5.69 Å². The number of nitrogens with zero attached hydrogens (tertiary/aromatic N) is 1. The normalized spacial score (nSPS) is 10.6. The van der Waals surface area contributed by atoms with E-state index in [1.165, 1.54) is 4.90 Å². The third kappa shape index (κ3) is 6.89. The Bertz CT molecular complexity index is 910. The lowest BCUT2D eigenvalue weighted by Crippen LogP contribution is -2.44. The first-order valence-corrected chi connectivity index (χ1v) is 9.11. The summed E-state index contributed by atoms with van der Waals surface area (Å²) in [5.41, 5.74) is -0.0109. The second-order valence-electron chi connectivity index (χ2n) is 6.35. The van der Waals surface area contributed by atoms with Crippen molar-refractivity contribution in [3.63, 3.8) is 0 Å². The lowest BCUT2D eigenvalue weighted by atomic mass is 10.2.